The molecule has 1 atom stereocenters. The maximum atomic E-state index is 9.90. The first-order valence-corrected chi connectivity index (χ1v) is 6.50. The molecule has 0 radical (unpaired) electrons. The molecule has 1 aliphatic heterocycles. The average molecular weight is 251 g/mol. The highest BCUT2D eigenvalue weighted by Gasteiger charge is 2.19. The van der Waals surface area contributed by atoms with Gasteiger partial charge in [0.2, 0.25) is 0 Å². The normalized spacial score (nSPS) is 19.7. The fraction of sp³-hybridized carbons (Fsp3) is 0.571. The summed E-state index contributed by atoms with van der Waals surface area (Å²) < 4.78 is 5.50. The van der Waals surface area contributed by atoms with E-state index in [9.17, 15) is 10.2 Å². The van der Waals surface area contributed by atoms with E-state index in [0.717, 1.165) is 31.7 Å². The topological polar surface area (TPSA) is 52.9 Å². The van der Waals surface area contributed by atoms with Crippen LogP contribution in [0, 0.1) is 0 Å². The third kappa shape index (κ3) is 4.29. The standard InChI is InChI=1S/C14H21NO3/c16-12-6-8-15(9-7-12)10-13(17)11-18-14-4-2-1-3-5-14/h1-5,12-13,16-17H,6-11H2/t13-/m0/s1. The number of hydrogen-bond donors (Lipinski definition) is 2. The molecule has 1 aromatic rings. The van der Waals surface area contributed by atoms with E-state index in [1.807, 2.05) is 30.3 Å². The minimum atomic E-state index is -0.486. The van der Waals surface area contributed by atoms with E-state index < -0.39 is 6.10 Å². The van der Waals surface area contributed by atoms with Crippen LogP contribution in [0.25, 0.3) is 0 Å². The van der Waals surface area contributed by atoms with E-state index in [2.05, 4.69) is 4.90 Å². The highest BCUT2D eigenvalue weighted by atomic mass is 16.5. The summed E-state index contributed by atoms with van der Waals surface area (Å²) in [5.41, 5.74) is 0. The number of benzene rings is 1. The molecule has 0 aliphatic carbocycles. The fourth-order valence-corrected chi connectivity index (χ4v) is 2.16. The molecule has 1 heterocycles. The zero-order valence-electron chi connectivity index (χ0n) is 10.5. The monoisotopic (exact) mass is 251 g/mol. The van der Waals surface area contributed by atoms with E-state index in [-0.39, 0.29) is 6.10 Å². The molecule has 0 bridgehead atoms. The van der Waals surface area contributed by atoms with Crippen LogP contribution < -0.4 is 4.74 Å². The summed E-state index contributed by atoms with van der Waals surface area (Å²) in [7, 11) is 0. The average Bonchev–Trinajstić information content (AvgIpc) is 2.40. The molecule has 0 amide bonds. The smallest absolute Gasteiger partial charge is 0.119 e. The van der Waals surface area contributed by atoms with Gasteiger partial charge in [-0.2, -0.15) is 0 Å². The van der Waals surface area contributed by atoms with Crippen molar-refractivity contribution in [3.63, 3.8) is 0 Å². The van der Waals surface area contributed by atoms with Crippen molar-refractivity contribution in [1.82, 2.24) is 4.90 Å². The lowest BCUT2D eigenvalue weighted by atomic mass is 10.1. The number of nitrogens with zero attached hydrogens (tertiary/aromatic N) is 1. The Kier molecular flexibility index (Phi) is 4.99. The maximum Gasteiger partial charge on any atom is 0.119 e. The van der Waals surface area contributed by atoms with Gasteiger partial charge in [0.25, 0.3) is 0 Å². The number of rotatable bonds is 5. The largest absolute Gasteiger partial charge is 0.491 e. The molecule has 0 saturated carbocycles. The summed E-state index contributed by atoms with van der Waals surface area (Å²) in [6, 6.07) is 9.51. The molecule has 1 aliphatic rings. The quantitative estimate of drug-likeness (QED) is 0.816. The zero-order chi connectivity index (χ0) is 12.8. The Morgan fingerprint density at radius 2 is 1.89 bits per heavy atom. The van der Waals surface area contributed by atoms with Crippen molar-refractivity contribution >= 4 is 0 Å². The van der Waals surface area contributed by atoms with Crippen molar-refractivity contribution in [2.45, 2.75) is 25.0 Å². The fourth-order valence-electron chi connectivity index (χ4n) is 2.16. The Bertz CT molecular complexity index is 336. The van der Waals surface area contributed by atoms with E-state index in [1.165, 1.54) is 0 Å². The summed E-state index contributed by atoms with van der Waals surface area (Å²) in [5, 5.41) is 19.3. The second-order valence-corrected chi connectivity index (χ2v) is 4.81. The van der Waals surface area contributed by atoms with Gasteiger partial charge in [-0.05, 0) is 25.0 Å². The summed E-state index contributed by atoms with van der Waals surface area (Å²) in [6.07, 6.45) is 0.942. The number of piperidine rings is 1. The Hall–Kier alpha value is -1.10. The van der Waals surface area contributed by atoms with Crippen molar-refractivity contribution in [3.05, 3.63) is 30.3 Å². The van der Waals surface area contributed by atoms with Crippen LogP contribution in [0.15, 0.2) is 30.3 Å². The minimum Gasteiger partial charge on any atom is -0.491 e. The maximum absolute atomic E-state index is 9.90. The summed E-state index contributed by atoms with van der Waals surface area (Å²) in [6.45, 7) is 2.62. The van der Waals surface area contributed by atoms with Crippen LogP contribution in [0.4, 0.5) is 0 Å². The van der Waals surface area contributed by atoms with E-state index in [4.69, 9.17) is 4.74 Å². The molecule has 100 valence electrons. The van der Waals surface area contributed by atoms with E-state index in [1.54, 1.807) is 0 Å². The first-order chi connectivity index (χ1) is 8.74. The molecule has 4 heteroatoms. The van der Waals surface area contributed by atoms with Crippen molar-refractivity contribution < 1.29 is 14.9 Å². The van der Waals surface area contributed by atoms with Crippen LogP contribution in [0.5, 0.6) is 5.75 Å². The first kappa shape index (κ1) is 13.3. The van der Waals surface area contributed by atoms with E-state index >= 15 is 0 Å². The predicted octanol–water partition coefficient (Wildman–Crippen LogP) is 0.883. The van der Waals surface area contributed by atoms with Gasteiger partial charge in [-0.15, -0.1) is 0 Å². The minimum absolute atomic E-state index is 0.168. The van der Waals surface area contributed by atoms with Crippen molar-refractivity contribution in [1.29, 1.82) is 0 Å². The second-order valence-electron chi connectivity index (χ2n) is 4.81. The molecule has 1 aromatic carbocycles. The van der Waals surface area contributed by atoms with Crippen molar-refractivity contribution in [3.8, 4) is 5.75 Å². The molecular weight excluding hydrogens is 230 g/mol. The summed E-state index contributed by atoms with van der Waals surface area (Å²) >= 11 is 0. The first-order valence-electron chi connectivity index (χ1n) is 6.50. The summed E-state index contributed by atoms with van der Waals surface area (Å²) in [4.78, 5) is 2.17. The number of aliphatic hydroxyl groups excluding tert-OH is 2. The molecule has 0 spiro atoms. The predicted molar refractivity (Wildman–Crippen MR) is 69.6 cm³/mol. The van der Waals surface area contributed by atoms with Crippen LogP contribution in [0.1, 0.15) is 12.8 Å². The number of β-amino-alcohol motifs (C(OH)–C–C–N with tert-alkyl or cyclic N) is 1. The zero-order valence-corrected chi connectivity index (χ0v) is 10.5. The second kappa shape index (κ2) is 6.73. The number of hydrogen-bond acceptors (Lipinski definition) is 4. The molecule has 2 N–H and O–H groups in total. The molecule has 1 saturated heterocycles. The van der Waals surface area contributed by atoms with Gasteiger partial charge in [-0.3, -0.25) is 0 Å². The molecule has 4 nitrogen and oxygen atoms in total. The van der Waals surface area contributed by atoms with Crippen LogP contribution in [-0.4, -0.2) is 53.6 Å². The highest BCUT2D eigenvalue weighted by Crippen LogP contribution is 2.11. The number of ether oxygens (including phenoxy) is 1. The SMILES string of the molecule is OC1CCN(C[C@H](O)COc2ccccc2)CC1. The van der Waals surface area contributed by atoms with Gasteiger partial charge < -0.3 is 19.8 Å². The van der Waals surface area contributed by atoms with Gasteiger partial charge in [0.15, 0.2) is 0 Å². The Balaban J connectivity index is 1.67. The molecule has 0 unspecified atom stereocenters. The lowest BCUT2D eigenvalue weighted by Crippen LogP contribution is -2.41. The summed E-state index contributed by atoms with van der Waals surface area (Å²) in [5.74, 6) is 0.783. The third-order valence-corrected chi connectivity index (χ3v) is 3.21. The van der Waals surface area contributed by atoms with Crippen LogP contribution in [0.3, 0.4) is 0 Å². The van der Waals surface area contributed by atoms with Crippen LogP contribution in [0.2, 0.25) is 0 Å². The van der Waals surface area contributed by atoms with Crippen molar-refractivity contribution in [2.75, 3.05) is 26.2 Å². The molecule has 1 fully saturated rings. The Morgan fingerprint density at radius 3 is 2.56 bits per heavy atom. The lowest BCUT2D eigenvalue weighted by Gasteiger charge is -2.30. The van der Waals surface area contributed by atoms with Gasteiger partial charge in [-0.1, -0.05) is 18.2 Å². The molecular formula is C14H21NO3. The lowest BCUT2D eigenvalue weighted by molar-refractivity contribution is 0.0338. The highest BCUT2D eigenvalue weighted by molar-refractivity contribution is 5.20. The number of para-hydroxylation sites is 1. The van der Waals surface area contributed by atoms with Crippen LogP contribution in [-0.2, 0) is 0 Å². The Morgan fingerprint density at radius 1 is 1.22 bits per heavy atom. The van der Waals surface area contributed by atoms with Crippen LogP contribution >= 0.6 is 0 Å². The van der Waals surface area contributed by atoms with Gasteiger partial charge >= 0.3 is 0 Å². The Labute approximate surface area is 108 Å². The third-order valence-electron chi connectivity index (χ3n) is 3.21. The van der Waals surface area contributed by atoms with E-state index in [0.29, 0.717) is 13.2 Å². The number of aliphatic hydroxyl groups is 2. The molecule has 18 heavy (non-hydrogen) atoms. The van der Waals surface area contributed by atoms with Gasteiger partial charge in [0.05, 0.1) is 6.10 Å². The molecule has 2 rings (SSSR count). The van der Waals surface area contributed by atoms with Crippen molar-refractivity contribution in [2.24, 2.45) is 0 Å². The molecule has 0 aromatic heterocycles. The number of likely N-dealkylation sites (tertiary alicyclic amines) is 1. The van der Waals surface area contributed by atoms with Gasteiger partial charge in [-0.25, -0.2) is 0 Å². The van der Waals surface area contributed by atoms with Gasteiger partial charge in [0.1, 0.15) is 18.5 Å². The van der Waals surface area contributed by atoms with Gasteiger partial charge in [0, 0.05) is 19.6 Å².